The van der Waals surface area contributed by atoms with Crippen molar-refractivity contribution in [3.05, 3.63) is 24.3 Å². The Kier molecular flexibility index (Phi) is 8.04. The van der Waals surface area contributed by atoms with Crippen LogP contribution in [0.2, 0.25) is 0 Å². The summed E-state index contributed by atoms with van der Waals surface area (Å²) < 4.78 is 31.4. The van der Waals surface area contributed by atoms with Gasteiger partial charge in [-0.25, -0.2) is 8.42 Å². The highest BCUT2D eigenvalue weighted by molar-refractivity contribution is 7.92. The number of anilines is 1. The standard InChI is InChI=1S/C17H28N2O4S/c1-5-6-7-17(20)18-12-13-24(21,22)19(4)15-8-10-16(11-9-15)23-14(2)3/h8-11,14H,5-7,12-13H2,1-4H3,(H,18,20). The van der Waals surface area contributed by atoms with Crippen LogP contribution in [0.4, 0.5) is 5.69 Å². The third kappa shape index (κ3) is 6.78. The summed E-state index contributed by atoms with van der Waals surface area (Å²) in [5.74, 6) is 0.457. The van der Waals surface area contributed by atoms with Gasteiger partial charge >= 0.3 is 0 Å². The molecule has 0 atom stereocenters. The fourth-order valence-corrected chi connectivity index (χ4v) is 3.13. The summed E-state index contributed by atoms with van der Waals surface area (Å²) >= 11 is 0. The van der Waals surface area contributed by atoms with Crippen LogP contribution in [0.5, 0.6) is 5.75 Å². The molecule has 0 bridgehead atoms. The van der Waals surface area contributed by atoms with Crippen molar-refractivity contribution in [2.45, 2.75) is 46.1 Å². The lowest BCUT2D eigenvalue weighted by molar-refractivity contribution is -0.121. The van der Waals surface area contributed by atoms with E-state index < -0.39 is 10.0 Å². The van der Waals surface area contributed by atoms with Crippen LogP contribution >= 0.6 is 0 Å². The first-order valence-corrected chi connectivity index (χ1v) is 9.87. The van der Waals surface area contributed by atoms with Gasteiger partial charge in [-0.2, -0.15) is 0 Å². The van der Waals surface area contributed by atoms with Gasteiger partial charge < -0.3 is 10.1 Å². The first-order chi connectivity index (χ1) is 11.3. The maximum Gasteiger partial charge on any atom is 0.236 e. The molecule has 0 saturated heterocycles. The lowest BCUT2D eigenvalue weighted by Crippen LogP contribution is -2.35. The van der Waals surface area contributed by atoms with Crippen LogP contribution in [0.15, 0.2) is 24.3 Å². The quantitative estimate of drug-likeness (QED) is 0.699. The van der Waals surface area contributed by atoms with Crippen LogP contribution < -0.4 is 14.4 Å². The topological polar surface area (TPSA) is 75.7 Å². The maximum atomic E-state index is 12.3. The molecule has 0 spiro atoms. The molecule has 136 valence electrons. The Morgan fingerprint density at radius 1 is 1.25 bits per heavy atom. The highest BCUT2D eigenvalue weighted by Gasteiger charge is 2.18. The zero-order valence-electron chi connectivity index (χ0n) is 14.9. The number of unbranched alkanes of at least 4 members (excludes halogenated alkanes) is 1. The molecule has 1 aromatic carbocycles. The van der Waals surface area contributed by atoms with Crippen LogP contribution in [0.1, 0.15) is 40.0 Å². The van der Waals surface area contributed by atoms with Crippen molar-refractivity contribution in [3.63, 3.8) is 0 Å². The monoisotopic (exact) mass is 356 g/mol. The molecule has 0 aliphatic heterocycles. The van der Waals surface area contributed by atoms with E-state index in [4.69, 9.17) is 4.74 Å². The van der Waals surface area contributed by atoms with Crippen molar-refractivity contribution in [1.82, 2.24) is 5.32 Å². The average molecular weight is 356 g/mol. The predicted molar refractivity (Wildman–Crippen MR) is 96.9 cm³/mol. The second-order valence-electron chi connectivity index (χ2n) is 5.90. The predicted octanol–water partition coefficient (Wildman–Crippen LogP) is 2.55. The van der Waals surface area contributed by atoms with E-state index in [9.17, 15) is 13.2 Å². The van der Waals surface area contributed by atoms with Gasteiger partial charge in [0.15, 0.2) is 0 Å². The van der Waals surface area contributed by atoms with Crippen LogP contribution in [0, 0.1) is 0 Å². The Hall–Kier alpha value is -1.76. The molecule has 1 aromatic rings. The number of benzene rings is 1. The number of nitrogens with one attached hydrogen (secondary N) is 1. The molecule has 7 heteroatoms. The first-order valence-electron chi connectivity index (χ1n) is 8.26. The molecule has 0 aliphatic rings. The van der Waals surface area contributed by atoms with E-state index >= 15 is 0 Å². The minimum atomic E-state index is -3.49. The minimum Gasteiger partial charge on any atom is -0.491 e. The number of rotatable bonds is 10. The summed E-state index contributed by atoms with van der Waals surface area (Å²) in [7, 11) is -1.98. The number of carbonyl (C=O) groups excluding carboxylic acids is 1. The Labute approximate surface area is 145 Å². The maximum absolute atomic E-state index is 12.3. The summed E-state index contributed by atoms with van der Waals surface area (Å²) in [5.41, 5.74) is 0.559. The Balaban J connectivity index is 2.58. The molecule has 0 aliphatic carbocycles. The second kappa shape index (κ2) is 9.52. The van der Waals surface area contributed by atoms with Gasteiger partial charge in [-0.15, -0.1) is 0 Å². The Morgan fingerprint density at radius 2 is 1.88 bits per heavy atom. The van der Waals surface area contributed by atoms with E-state index in [2.05, 4.69) is 5.32 Å². The lowest BCUT2D eigenvalue weighted by atomic mass is 10.2. The van der Waals surface area contributed by atoms with Crippen molar-refractivity contribution in [3.8, 4) is 5.75 Å². The van der Waals surface area contributed by atoms with E-state index in [0.717, 1.165) is 12.8 Å². The fourth-order valence-electron chi connectivity index (χ4n) is 2.05. The smallest absolute Gasteiger partial charge is 0.236 e. The number of carbonyl (C=O) groups is 1. The van der Waals surface area contributed by atoms with Crippen molar-refractivity contribution in [2.24, 2.45) is 0 Å². The van der Waals surface area contributed by atoms with Gasteiger partial charge in [-0.05, 0) is 44.5 Å². The highest BCUT2D eigenvalue weighted by Crippen LogP contribution is 2.21. The van der Waals surface area contributed by atoms with Crippen LogP contribution in [0.25, 0.3) is 0 Å². The highest BCUT2D eigenvalue weighted by atomic mass is 32.2. The summed E-state index contributed by atoms with van der Waals surface area (Å²) in [6.45, 7) is 5.98. The summed E-state index contributed by atoms with van der Waals surface area (Å²) in [4.78, 5) is 11.5. The second-order valence-corrected chi connectivity index (χ2v) is 8.02. The average Bonchev–Trinajstić information content (AvgIpc) is 2.52. The van der Waals surface area contributed by atoms with Gasteiger partial charge in [0.25, 0.3) is 0 Å². The molecule has 0 radical (unpaired) electrons. The van der Waals surface area contributed by atoms with E-state index in [1.807, 2.05) is 20.8 Å². The number of nitrogens with zero attached hydrogens (tertiary/aromatic N) is 1. The molecule has 1 N–H and O–H groups in total. The van der Waals surface area contributed by atoms with Crippen molar-refractivity contribution >= 4 is 21.6 Å². The summed E-state index contributed by atoms with van der Waals surface area (Å²) in [5, 5.41) is 2.65. The lowest BCUT2D eigenvalue weighted by Gasteiger charge is -2.20. The molecule has 0 fully saturated rings. The normalized spacial score (nSPS) is 11.4. The van der Waals surface area contributed by atoms with E-state index in [1.165, 1.54) is 11.4 Å². The molecule has 0 unspecified atom stereocenters. The van der Waals surface area contributed by atoms with Crippen molar-refractivity contribution in [2.75, 3.05) is 23.7 Å². The largest absolute Gasteiger partial charge is 0.491 e. The molecule has 6 nitrogen and oxygen atoms in total. The van der Waals surface area contributed by atoms with Gasteiger partial charge in [-0.3, -0.25) is 9.10 Å². The molecule has 0 saturated carbocycles. The third-order valence-corrected chi connectivity index (χ3v) is 5.19. The zero-order chi connectivity index (χ0) is 18.2. The molecular weight excluding hydrogens is 328 g/mol. The first kappa shape index (κ1) is 20.3. The number of hydrogen-bond acceptors (Lipinski definition) is 4. The van der Waals surface area contributed by atoms with Crippen molar-refractivity contribution in [1.29, 1.82) is 0 Å². The molecule has 1 rings (SSSR count). The van der Waals surface area contributed by atoms with Gasteiger partial charge in [0.2, 0.25) is 15.9 Å². The van der Waals surface area contributed by atoms with Gasteiger partial charge in [0, 0.05) is 20.0 Å². The fraction of sp³-hybridized carbons (Fsp3) is 0.588. The molecule has 0 heterocycles. The van der Waals surface area contributed by atoms with Crippen LogP contribution in [-0.2, 0) is 14.8 Å². The van der Waals surface area contributed by atoms with E-state index in [0.29, 0.717) is 17.9 Å². The molecule has 0 aromatic heterocycles. The van der Waals surface area contributed by atoms with Crippen LogP contribution in [0.3, 0.4) is 0 Å². The zero-order valence-corrected chi connectivity index (χ0v) is 15.7. The van der Waals surface area contributed by atoms with Gasteiger partial charge in [-0.1, -0.05) is 13.3 Å². The molecular formula is C17H28N2O4S. The molecule has 24 heavy (non-hydrogen) atoms. The number of amides is 1. The SMILES string of the molecule is CCCCC(=O)NCCS(=O)(=O)N(C)c1ccc(OC(C)C)cc1. The molecule has 1 amide bonds. The van der Waals surface area contributed by atoms with Gasteiger partial charge in [0.05, 0.1) is 17.5 Å². The Morgan fingerprint density at radius 3 is 2.42 bits per heavy atom. The van der Waals surface area contributed by atoms with Crippen LogP contribution in [-0.4, -0.2) is 39.8 Å². The van der Waals surface area contributed by atoms with E-state index in [-0.39, 0.29) is 24.3 Å². The number of hydrogen-bond donors (Lipinski definition) is 1. The number of sulfonamides is 1. The van der Waals surface area contributed by atoms with Gasteiger partial charge in [0.1, 0.15) is 5.75 Å². The Bertz CT molecular complexity index is 612. The van der Waals surface area contributed by atoms with Crippen molar-refractivity contribution < 1.29 is 17.9 Å². The summed E-state index contributed by atoms with van der Waals surface area (Å²) in [6, 6.07) is 6.89. The van der Waals surface area contributed by atoms with E-state index in [1.54, 1.807) is 24.3 Å². The minimum absolute atomic E-state index is 0.0635. The third-order valence-electron chi connectivity index (χ3n) is 3.43. The number of ether oxygens (including phenoxy) is 1. The summed E-state index contributed by atoms with van der Waals surface area (Å²) in [6.07, 6.45) is 2.24.